The Kier molecular flexibility index (Phi) is 4.55. The van der Waals surface area contributed by atoms with Gasteiger partial charge in [0.2, 0.25) is 0 Å². The highest BCUT2D eigenvalue weighted by Crippen LogP contribution is 2.25. The summed E-state index contributed by atoms with van der Waals surface area (Å²) in [6.45, 7) is 7.05. The molecule has 110 valence electrons. The fourth-order valence-corrected chi connectivity index (χ4v) is 3.20. The van der Waals surface area contributed by atoms with Crippen LogP contribution in [0.5, 0.6) is 0 Å². The average molecular weight is 276 g/mol. The van der Waals surface area contributed by atoms with Crippen LogP contribution in [-0.2, 0) is 11.3 Å². The van der Waals surface area contributed by atoms with Crippen molar-refractivity contribution in [3.05, 3.63) is 29.8 Å². The first-order chi connectivity index (χ1) is 9.86. The molecule has 0 saturated carbocycles. The minimum Gasteiger partial charge on any atom is -0.396 e. The molecule has 0 spiro atoms. The van der Waals surface area contributed by atoms with Crippen molar-refractivity contribution in [2.24, 2.45) is 5.92 Å². The first-order valence-corrected chi connectivity index (χ1v) is 7.60. The van der Waals surface area contributed by atoms with Crippen LogP contribution in [-0.4, -0.2) is 56.0 Å². The average Bonchev–Trinajstić information content (AvgIpc) is 2.96. The van der Waals surface area contributed by atoms with Crippen LogP contribution >= 0.6 is 0 Å². The second-order valence-corrected chi connectivity index (χ2v) is 5.80. The van der Waals surface area contributed by atoms with E-state index < -0.39 is 0 Å². The minimum atomic E-state index is 0.321. The van der Waals surface area contributed by atoms with Crippen molar-refractivity contribution < 1.29 is 9.84 Å². The number of morpholine rings is 1. The summed E-state index contributed by atoms with van der Waals surface area (Å²) in [7, 11) is 0. The lowest BCUT2D eigenvalue weighted by Crippen LogP contribution is -2.37. The molecule has 0 aliphatic carbocycles. The van der Waals surface area contributed by atoms with Crippen molar-refractivity contribution in [2.45, 2.75) is 13.0 Å². The van der Waals surface area contributed by atoms with Gasteiger partial charge in [0, 0.05) is 38.5 Å². The van der Waals surface area contributed by atoms with E-state index in [0.717, 1.165) is 52.4 Å². The zero-order valence-electron chi connectivity index (χ0n) is 12.0. The SMILES string of the molecule is OCC1CCN(Cc2ccccc2N2CCOCC2)C1. The van der Waals surface area contributed by atoms with Gasteiger partial charge < -0.3 is 14.7 Å². The van der Waals surface area contributed by atoms with Crippen molar-refractivity contribution in [3.8, 4) is 0 Å². The van der Waals surface area contributed by atoms with Crippen LogP contribution in [0.1, 0.15) is 12.0 Å². The highest BCUT2D eigenvalue weighted by Gasteiger charge is 2.23. The van der Waals surface area contributed by atoms with Crippen LogP contribution in [0.25, 0.3) is 0 Å². The summed E-state index contributed by atoms with van der Waals surface area (Å²) < 4.78 is 5.44. The van der Waals surface area contributed by atoms with Crippen molar-refractivity contribution >= 4 is 5.69 Å². The van der Waals surface area contributed by atoms with E-state index >= 15 is 0 Å². The fourth-order valence-electron chi connectivity index (χ4n) is 3.20. The molecule has 4 nitrogen and oxygen atoms in total. The summed E-state index contributed by atoms with van der Waals surface area (Å²) >= 11 is 0. The maximum absolute atomic E-state index is 9.26. The number of anilines is 1. The predicted octanol–water partition coefficient (Wildman–Crippen LogP) is 1.34. The zero-order chi connectivity index (χ0) is 13.8. The summed E-state index contributed by atoms with van der Waals surface area (Å²) in [4.78, 5) is 4.89. The fraction of sp³-hybridized carbons (Fsp3) is 0.625. The molecular weight excluding hydrogens is 252 g/mol. The van der Waals surface area contributed by atoms with E-state index in [-0.39, 0.29) is 0 Å². The topological polar surface area (TPSA) is 35.9 Å². The Morgan fingerprint density at radius 3 is 2.70 bits per heavy atom. The Morgan fingerprint density at radius 1 is 1.15 bits per heavy atom. The third-order valence-electron chi connectivity index (χ3n) is 4.37. The standard InChI is InChI=1S/C16H24N2O2/c19-13-14-5-6-17(11-14)12-15-3-1-2-4-16(15)18-7-9-20-10-8-18/h1-4,14,19H,5-13H2. The lowest BCUT2D eigenvalue weighted by Gasteiger charge is -2.31. The Hall–Kier alpha value is -1.10. The van der Waals surface area contributed by atoms with Gasteiger partial charge in [-0.2, -0.15) is 0 Å². The number of nitrogens with zero attached hydrogens (tertiary/aromatic N) is 2. The predicted molar refractivity (Wildman–Crippen MR) is 79.9 cm³/mol. The number of benzene rings is 1. The van der Waals surface area contributed by atoms with E-state index in [1.54, 1.807) is 0 Å². The molecule has 3 rings (SSSR count). The zero-order valence-corrected chi connectivity index (χ0v) is 12.0. The monoisotopic (exact) mass is 276 g/mol. The molecule has 0 amide bonds. The molecule has 0 bridgehead atoms. The van der Waals surface area contributed by atoms with E-state index in [2.05, 4.69) is 34.1 Å². The van der Waals surface area contributed by atoms with E-state index in [9.17, 15) is 5.11 Å². The lowest BCUT2D eigenvalue weighted by molar-refractivity contribution is 0.122. The summed E-state index contributed by atoms with van der Waals surface area (Å²) in [5, 5.41) is 9.26. The van der Waals surface area contributed by atoms with Gasteiger partial charge in [0.15, 0.2) is 0 Å². The Morgan fingerprint density at radius 2 is 1.95 bits per heavy atom. The van der Waals surface area contributed by atoms with Crippen LogP contribution in [0, 0.1) is 5.92 Å². The molecule has 2 fully saturated rings. The number of likely N-dealkylation sites (tertiary alicyclic amines) is 1. The Bertz CT molecular complexity index is 432. The van der Waals surface area contributed by atoms with Crippen LogP contribution in [0.15, 0.2) is 24.3 Å². The molecule has 2 aliphatic heterocycles. The van der Waals surface area contributed by atoms with Crippen molar-refractivity contribution in [1.82, 2.24) is 4.90 Å². The van der Waals surface area contributed by atoms with Crippen LogP contribution in [0.3, 0.4) is 0 Å². The molecule has 2 saturated heterocycles. The molecule has 1 atom stereocenters. The molecular formula is C16H24N2O2. The van der Waals surface area contributed by atoms with Crippen LogP contribution < -0.4 is 4.90 Å². The smallest absolute Gasteiger partial charge is 0.0642 e. The summed E-state index contributed by atoms with van der Waals surface area (Å²) in [6.07, 6.45) is 1.12. The third kappa shape index (κ3) is 3.14. The molecule has 1 N–H and O–H groups in total. The molecule has 1 aromatic rings. The van der Waals surface area contributed by atoms with Gasteiger partial charge in [-0.15, -0.1) is 0 Å². The molecule has 1 aromatic carbocycles. The van der Waals surface area contributed by atoms with Gasteiger partial charge in [0.1, 0.15) is 0 Å². The van der Waals surface area contributed by atoms with Gasteiger partial charge in [-0.1, -0.05) is 18.2 Å². The van der Waals surface area contributed by atoms with Crippen molar-refractivity contribution in [1.29, 1.82) is 0 Å². The van der Waals surface area contributed by atoms with Gasteiger partial charge in [-0.05, 0) is 30.5 Å². The second kappa shape index (κ2) is 6.57. The van der Waals surface area contributed by atoms with Gasteiger partial charge in [-0.3, -0.25) is 4.90 Å². The number of rotatable bonds is 4. The summed E-state index contributed by atoms with van der Waals surface area (Å²) in [5.41, 5.74) is 2.75. The number of para-hydroxylation sites is 1. The van der Waals surface area contributed by atoms with Gasteiger partial charge in [0.25, 0.3) is 0 Å². The number of aliphatic hydroxyl groups excluding tert-OH is 1. The first-order valence-electron chi connectivity index (χ1n) is 7.60. The van der Waals surface area contributed by atoms with Gasteiger partial charge in [-0.25, -0.2) is 0 Å². The molecule has 1 unspecified atom stereocenters. The van der Waals surface area contributed by atoms with E-state index in [1.807, 2.05) is 0 Å². The largest absolute Gasteiger partial charge is 0.396 e. The van der Waals surface area contributed by atoms with Gasteiger partial charge >= 0.3 is 0 Å². The molecule has 20 heavy (non-hydrogen) atoms. The lowest BCUT2D eigenvalue weighted by atomic mass is 10.1. The first kappa shape index (κ1) is 13.9. The van der Waals surface area contributed by atoms with Crippen LogP contribution in [0.2, 0.25) is 0 Å². The maximum Gasteiger partial charge on any atom is 0.0642 e. The highest BCUT2D eigenvalue weighted by molar-refractivity contribution is 5.53. The Balaban J connectivity index is 1.69. The molecule has 0 radical (unpaired) electrons. The summed E-state index contributed by atoms with van der Waals surface area (Å²) in [6, 6.07) is 8.70. The van der Waals surface area contributed by atoms with Crippen LogP contribution in [0.4, 0.5) is 5.69 Å². The van der Waals surface area contributed by atoms with E-state index in [4.69, 9.17) is 4.74 Å². The third-order valence-corrected chi connectivity index (χ3v) is 4.37. The quantitative estimate of drug-likeness (QED) is 0.900. The summed E-state index contributed by atoms with van der Waals surface area (Å²) in [5.74, 6) is 0.463. The molecule has 2 aliphatic rings. The van der Waals surface area contributed by atoms with Crippen molar-refractivity contribution in [2.75, 3.05) is 50.9 Å². The molecule has 0 aromatic heterocycles. The molecule has 4 heteroatoms. The number of ether oxygens (including phenoxy) is 1. The maximum atomic E-state index is 9.26. The number of hydrogen-bond acceptors (Lipinski definition) is 4. The number of hydrogen-bond donors (Lipinski definition) is 1. The number of aliphatic hydroxyl groups is 1. The Labute approximate surface area is 120 Å². The highest BCUT2D eigenvalue weighted by atomic mass is 16.5. The minimum absolute atomic E-state index is 0.321. The normalized spacial score (nSPS) is 24.2. The van der Waals surface area contributed by atoms with E-state index in [1.165, 1.54) is 11.3 Å². The second-order valence-electron chi connectivity index (χ2n) is 5.80. The van der Waals surface area contributed by atoms with Gasteiger partial charge in [0.05, 0.1) is 13.2 Å². The van der Waals surface area contributed by atoms with Crippen molar-refractivity contribution in [3.63, 3.8) is 0 Å². The van der Waals surface area contributed by atoms with E-state index in [0.29, 0.717) is 12.5 Å². The molecule has 2 heterocycles.